The molecule has 1 aliphatic rings. The van der Waals surface area contributed by atoms with Crippen molar-refractivity contribution in [2.75, 3.05) is 0 Å². The monoisotopic (exact) mass is 244 g/mol. The van der Waals surface area contributed by atoms with Crippen molar-refractivity contribution in [1.82, 2.24) is 0 Å². The Labute approximate surface area is 94.1 Å². The van der Waals surface area contributed by atoms with Crippen LogP contribution in [0.5, 0.6) is 0 Å². The molecule has 76 valence electrons. The average Bonchev–Trinajstić information content (AvgIpc) is 2.20. The Hall–Kier alpha value is -1.66. The number of Topliss-reactive ketones (excluding diaryl/α,β-unsaturated/α-hetero) is 2. The predicted molar refractivity (Wildman–Crippen MR) is 50.6 cm³/mol. The number of halogens is 2. The number of ketones is 2. The molecule has 0 aromatic heterocycles. The zero-order valence-electron chi connectivity index (χ0n) is 6.97. The van der Waals surface area contributed by atoms with Gasteiger partial charge in [0.15, 0.2) is 0 Å². The summed E-state index contributed by atoms with van der Waals surface area (Å²) in [6, 6.07) is 2.89. The topological polar surface area (TPSA) is 113 Å². The second-order valence-electron chi connectivity index (χ2n) is 2.26. The van der Waals surface area contributed by atoms with Gasteiger partial charge in [0.1, 0.15) is 33.3 Å². The van der Waals surface area contributed by atoms with Crippen LogP contribution < -0.4 is 0 Å². The quantitative estimate of drug-likeness (QED) is 0.572. The molecule has 1 aliphatic carbocycles. The van der Waals surface area contributed by atoms with Gasteiger partial charge >= 0.3 is 0 Å². The van der Waals surface area contributed by atoms with Crippen LogP contribution in [0.1, 0.15) is 0 Å². The van der Waals surface area contributed by atoms with Gasteiger partial charge in [-0.3, -0.25) is 9.59 Å². The summed E-state index contributed by atoms with van der Waals surface area (Å²) in [5.41, 5.74) is -1.13. The van der Waals surface area contributed by atoms with Gasteiger partial charge < -0.3 is 5.48 Å². The van der Waals surface area contributed by atoms with E-state index in [2.05, 4.69) is 0 Å². The fraction of sp³-hybridized carbons (Fsp3) is 0. The highest BCUT2D eigenvalue weighted by Gasteiger charge is 2.33. The maximum Gasteiger partial charge on any atom is 0.218 e. The number of hydrogen-bond donors (Lipinski definition) is 0. The Kier molecular flexibility index (Phi) is 4.20. The molecular weight excluding hydrogens is 243 g/mol. The number of carbonyl (C=O) groups excluding carboxylic acids is 2. The molecule has 7 heteroatoms. The Morgan fingerprint density at radius 2 is 1.13 bits per heavy atom. The Balaban J connectivity index is 0.00000196. The predicted octanol–water partition coefficient (Wildman–Crippen LogP) is 0.346. The number of rotatable bonds is 0. The largest absolute Gasteiger partial charge is 0.412 e. The van der Waals surface area contributed by atoms with Gasteiger partial charge in [-0.2, -0.15) is 10.5 Å². The molecule has 0 spiro atoms. The minimum atomic E-state index is -0.893. The highest BCUT2D eigenvalue weighted by molar-refractivity contribution is 6.59. The first-order valence-corrected chi connectivity index (χ1v) is 3.99. The number of hydrogen-bond acceptors (Lipinski definition) is 4. The summed E-state index contributed by atoms with van der Waals surface area (Å²) in [6.45, 7) is 0. The van der Waals surface area contributed by atoms with E-state index in [1.165, 1.54) is 12.1 Å². The van der Waals surface area contributed by atoms with Gasteiger partial charge in [-0.1, -0.05) is 23.2 Å². The Bertz CT molecular complexity index is 447. The molecule has 5 nitrogen and oxygen atoms in total. The van der Waals surface area contributed by atoms with Crippen molar-refractivity contribution >= 4 is 34.8 Å². The lowest BCUT2D eigenvalue weighted by molar-refractivity contribution is -0.115. The Morgan fingerprint density at radius 1 is 0.867 bits per heavy atom. The molecule has 2 N–H and O–H groups in total. The van der Waals surface area contributed by atoms with Gasteiger partial charge in [-0.25, -0.2) is 0 Å². The molecule has 0 unspecified atom stereocenters. The van der Waals surface area contributed by atoms with Gasteiger partial charge in [-0.05, 0) is 0 Å². The van der Waals surface area contributed by atoms with Crippen LogP contribution in [0, 0.1) is 22.7 Å². The third-order valence-corrected chi connectivity index (χ3v) is 2.34. The normalized spacial score (nSPS) is 15.7. The summed E-state index contributed by atoms with van der Waals surface area (Å²) in [7, 11) is 0. The third-order valence-electron chi connectivity index (χ3n) is 1.52. The number of carbonyl (C=O) groups is 2. The van der Waals surface area contributed by atoms with E-state index in [-0.39, 0.29) is 5.48 Å². The van der Waals surface area contributed by atoms with Crippen molar-refractivity contribution in [3.63, 3.8) is 0 Å². The molecule has 0 heterocycles. The minimum absolute atomic E-state index is 0. The summed E-state index contributed by atoms with van der Waals surface area (Å²) in [6.07, 6.45) is 0. The van der Waals surface area contributed by atoms with E-state index in [1.807, 2.05) is 0 Å². The lowest BCUT2D eigenvalue weighted by atomic mass is 9.96. The van der Waals surface area contributed by atoms with Crippen molar-refractivity contribution in [2.24, 2.45) is 0 Å². The molecule has 0 bridgehead atoms. The van der Waals surface area contributed by atoms with Gasteiger partial charge in [0, 0.05) is 0 Å². The molecule has 0 aliphatic heterocycles. The summed E-state index contributed by atoms with van der Waals surface area (Å²) in [5, 5.41) is 16.0. The highest BCUT2D eigenvalue weighted by atomic mass is 35.5. The van der Waals surface area contributed by atoms with Crippen LogP contribution in [-0.2, 0) is 9.59 Å². The SMILES string of the molecule is N#CC1=C(C#N)C(=O)C(Cl)=C(Cl)C1=O.O. The van der Waals surface area contributed by atoms with Gasteiger partial charge in [0.05, 0.1) is 0 Å². The van der Waals surface area contributed by atoms with Crippen LogP contribution in [0.25, 0.3) is 0 Å². The number of allylic oxidation sites excluding steroid dienone is 4. The van der Waals surface area contributed by atoms with Crippen molar-refractivity contribution in [1.29, 1.82) is 10.5 Å². The minimum Gasteiger partial charge on any atom is -0.412 e. The molecule has 0 saturated carbocycles. The maximum atomic E-state index is 11.2. The van der Waals surface area contributed by atoms with E-state index in [4.69, 9.17) is 33.7 Å². The van der Waals surface area contributed by atoms with E-state index in [9.17, 15) is 9.59 Å². The first-order chi connectivity index (χ1) is 6.54. The lowest BCUT2D eigenvalue weighted by Gasteiger charge is -2.08. The second-order valence-corrected chi connectivity index (χ2v) is 3.02. The number of nitriles is 2. The van der Waals surface area contributed by atoms with E-state index in [0.717, 1.165) is 0 Å². The maximum absolute atomic E-state index is 11.2. The van der Waals surface area contributed by atoms with Crippen LogP contribution in [0.15, 0.2) is 21.2 Å². The second kappa shape index (κ2) is 4.72. The zero-order valence-corrected chi connectivity index (χ0v) is 8.48. The smallest absolute Gasteiger partial charge is 0.218 e. The van der Waals surface area contributed by atoms with Gasteiger partial charge in [0.2, 0.25) is 11.6 Å². The fourth-order valence-corrected chi connectivity index (χ4v) is 1.22. The zero-order chi connectivity index (χ0) is 10.9. The molecular formula is C8H2Cl2N2O3. The first kappa shape index (κ1) is 13.3. The van der Waals surface area contributed by atoms with Crippen LogP contribution in [0.3, 0.4) is 0 Å². The van der Waals surface area contributed by atoms with E-state index in [0.29, 0.717) is 0 Å². The molecule has 0 fully saturated rings. The van der Waals surface area contributed by atoms with Crippen LogP contribution >= 0.6 is 23.2 Å². The molecule has 0 saturated heterocycles. The van der Waals surface area contributed by atoms with Crippen LogP contribution in [0.4, 0.5) is 0 Å². The third kappa shape index (κ3) is 1.90. The van der Waals surface area contributed by atoms with Crippen LogP contribution in [0.2, 0.25) is 0 Å². The molecule has 0 radical (unpaired) electrons. The molecule has 0 amide bonds. The van der Waals surface area contributed by atoms with Crippen molar-refractivity contribution < 1.29 is 15.1 Å². The number of nitrogens with zero attached hydrogens (tertiary/aromatic N) is 2. The summed E-state index contributed by atoms with van der Waals surface area (Å²) >= 11 is 10.8. The van der Waals surface area contributed by atoms with Crippen LogP contribution in [-0.4, -0.2) is 17.0 Å². The molecule has 0 atom stereocenters. The summed E-state index contributed by atoms with van der Waals surface area (Å²) < 4.78 is 0. The molecule has 1 rings (SSSR count). The average molecular weight is 245 g/mol. The fourth-order valence-electron chi connectivity index (χ4n) is 0.859. The van der Waals surface area contributed by atoms with E-state index < -0.39 is 32.8 Å². The van der Waals surface area contributed by atoms with Crippen molar-refractivity contribution in [3.05, 3.63) is 21.2 Å². The summed E-state index contributed by atoms with van der Waals surface area (Å²) in [4.78, 5) is 22.4. The lowest BCUT2D eigenvalue weighted by Crippen LogP contribution is -2.18. The highest BCUT2D eigenvalue weighted by Crippen LogP contribution is 2.28. The molecule has 15 heavy (non-hydrogen) atoms. The molecule has 0 aromatic carbocycles. The standard InChI is InChI=1S/C8Cl2N2O2.H2O/c9-5-6(10)8(14)4(2-12)3(1-11)7(5)13;/h;1H2. The van der Waals surface area contributed by atoms with E-state index in [1.54, 1.807) is 0 Å². The molecule has 0 aromatic rings. The summed E-state index contributed by atoms with van der Waals surface area (Å²) in [5.74, 6) is -1.79. The van der Waals surface area contributed by atoms with E-state index >= 15 is 0 Å². The van der Waals surface area contributed by atoms with Crippen molar-refractivity contribution in [3.8, 4) is 12.1 Å². The Morgan fingerprint density at radius 3 is 1.33 bits per heavy atom. The van der Waals surface area contributed by atoms with Gasteiger partial charge in [0.25, 0.3) is 0 Å². The van der Waals surface area contributed by atoms with Crippen molar-refractivity contribution in [2.45, 2.75) is 0 Å². The first-order valence-electron chi connectivity index (χ1n) is 3.23. The van der Waals surface area contributed by atoms with Gasteiger partial charge in [-0.15, -0.1) is 0 Å².